The van der Waals surface area contributed by atoms with E-state index >= 15 is 0 Å². The van der Waals surface area contributed by atoms with E-state index < -0.39 is 0 Å². The molecule has 2 aromatic carbocycles. The quantitative estimate of drug-likeness (QED) is 0.371. The van der Waals surface area contributed by atoms with E-state index in [1.54, 1.807) is 0 Å². The van der Waals surface area contributed by atoms with E-state index in [4.69, 9.17) is 22.5 Å². The molecule has 3 nitrogen and oxygen atoms in total. The number of halogens is 2. The van der Waals surface area contributed by atoms with Gasteiger partial charge in [-0.2, -0.15) is 0 Å². The normalized spacial score (nSPS) is 11.6. The van der Waals surface area contributed by atoms with Crippen LogP contribution in [-0.4, -0.2) is 11.0 Å². The molecule has 98 valence electrons. The van der Waals surface area contributed by atoms with Crippen molar-refractivity contribution in [3.63, 3.8) is 0 Å². The number of hydrogen-bond acceptors (Lipinski definition) is 3. The fraction of sp³-hybridized carbons (Fsp3) is 0. The molecule has 0 aromatic heterocycles. The molecule has 0 fully saturated rings. The first-order chi connectivity index (χ1) is 9.13. The van der Waals surface area contributed by atoms with E-state index in [1.807, 2.05) is 42.5 Å². The summed E-state index contributed by atoms with van der Waals surface area (Å²) in [4.78, 5) is 1.77. The van der Waals surface area contributed by atoms with Gasteiger partial charge in [-0.05, 0) is 40.2 Å². The summed E-state index contributed by atoms with van der Waals surface area (Å²) in [7, 11) is 0. The standard InChI is InChI=1S/C13H10BrClN2OS/c14-8-4-3-7-11(12(8)13(16)17-18)19-10-6-2-1-5-9(10)15/h1-7,18H,(H2,16,17). The van der Waals surface area contributed by atoms with Crippen molar-refractivity contribution >= 4 is 45.1 Å². The van der Waals surface area contributed by atoms with Crippen LogP contribution in [0.25, 0.3) is 0 Å². The van der Waals surface area contributed by atoms with Crippen LogP contribution in [0.3, 0.4) is 0 Å². The van der Waals surface area contributed by atoms with Crippen molar-refractivity contribution < 1.29 is 5.21 Å². The van der Waals surface area contributed by atoms with Crippen LogP contribution in [0, 0.1) is 0 Å². The number of nitrogens with two attached hydrogens (primary N) is 1. The van der Waals surface area contributed by atoms with Gasteiger partial charge in [0.05, 0.1) is 5.02 Å². The van der Waals surface area contributed by atoms with Crippen molar-refractivity contribution in [2.45, 2.75) is 9.79 Å². The first-order valence-corrected chi connectivity index (χ1v) is 7.31. The minimum atomic E-state index is 0.0574. The topological polar surface area (TPSA) is 58.6 Å². The molecular formula is C13H10BrClN2OS. The molecule has 0 aliphatic carbocycles. The zero-order valence-corrected chi connectivity index (χ0v) is 12.8. The third kappa shape index (κ3) is 3.23. The Morgan fingerprint density at radius 3 is 2.53 bits per heavy atom. The molecule has 2 aromatic rings. The van der Waals surface area contributed by atoms with Gasteiger partial charge < -0.3 is 10.9 Å². The average molecular weight is 358 g/mol. The molecule has 0 spiro atoms. The Labute approximate surface area is 128 Å². The lowest BCUT2D eigenvalue weighted by molar-refractivity contribution is 0.318. The summed E-state index contributed by atoms with van der Waals surface area (Å²) in [5.41, 5.74) is 6.36. The van der Waals surface area contributed by atoms with Gasteiger partial charge in [0.25, 0.3) is 0 Å². The molecule has 0 unspecified atom stereocenters. The first kappa shape index (κ1) is 14.2. The van der Waals surface area contributed by atoms with E-state index in [1.165, 1.54) is 11.8 Å². The second kappa shape index (κ2) is 6.32. The maximum atomic E-state index is 8.86. The van der Waals surface area contributed by atoms with Crippen molar-refractivity contribution in [1.82, 2.24) is 0 Å². The van der Waals surface area contributed by atoms with E-state index in [2.05, 4.69) is 21.1 Å². The van der Waals surface area contributed by atoms with Gasteiger partial charge in [0.15, 0.2) is 5.84 Å². The van der Waals surface area contributed by atoms with Crippen molar-refractivity contribution in [3.05, 3.63) is 57.5 Å². The summed E-state index contributed by atoms with van der Waals surface area (Å²) in [5.74, 6) is 0.0574. The molecule has 0 saturated carbocycles. The van der Waals surface area contributed by atoms with Crippen molar-refractivity contribution in [3.8, 4) is 0 Å². The van der Waals surface area contributed by atoms with Gasteiger partial charge in [0.2, 0.25) is 0 Å². The largest absolute Gasteiger partial charge is 0.409 e. The summed E-state index contributed by atoms with van der Waals surface area (Å²) >= 11 is 11.0. The van der Waals surface area contributed by atoms with E-state index in [0.717, 1.165) is 14.3 Å². The SMILES string of the molecule is N/C(=N/O)c1c(Br)cccc1Sc1ccccc1Cl. The Morgan fingerprint density at radius 1 is 1.16 bits per heavy atom. The van der Waals surface area contributed by atoms with Crippen molar-refractivity contribution in [1.29, 1.82) is 0 Å². The lowest BCUT2D eigenvalue weighted by Gasteiger charge is -2.10. The number of amidine groups is 1. The predicted molar refractivity (Wildman–Crippen MR) is 82.2 cm³/mol. The van der Waals surface area contributed by atoms with Crippen LogP contribution in [-0.2, 0) is 0 Å². The number of hydrogen-bond donors (Lipinski definition) is 2. The number of rotatable bonds is 3. The molecule has 0 heterocycles. The highest BCUT2D eigenvalue weighted by Gasteiger charge is 2.13. The van der Waals surface area contributed by atoms with Crippen LogP contribution in [0.5, 0.6) is 0 Å². The second-order valence-electron chi connectivity index (χ2n) is 3.63. The lowest BCUT2D eigenvalue weighted by atomic mass is 10.2. The zero-order chi connectivity index (χ0) is 13.8. The molecule has 0 amide bonds. The van der Waals surface area contributed by atoms with Crippen LogP contribution in [0.1, 0.15) is 5.56 Å². The highest BCUT2D eigenvalue weighted by molar-refractivity contribution is 9.10. The number of oxime groups is 1. The molecule has 0 aliphatic heterocycles. The monoisotopic (exact) mass is 356 g/mol. The van der Waals surface area contributed by atoms with Gasteiger partial charge in [0, 0.05) is 19.8 Å². The third-order valence-electron chi connectivity index (χ3n) is 2.40. The predicted octanol–water partition coefficient (Wildman–Crippen LogP) is 4.35. The molecule has 0 atom stereocenters. The van der Waals surface area contributed by atoms with E-state index in [-0.39, 0.29) is 5.84 Å². The van der Waals surface area contributed by atoms with Gasteiger partial charge in [-0.1, -0.05) is 46.7 Å². The summed E-state index contributed by atoms with van der Waals surface area (Å²) in [6.45, 7) is 0. The summed E-state index contributed by atoms with van der Waals surface area (Å²) < 4.78 is 0.764. The molecule has 6 heteroatoms. The highest BCUT2D eigenvalue weighted by Crippen LogP contribution is 2.37. The Balaban J connectivity index is 2.47. The van der Waals surface area contributed by atoms with Gasteiger partial charge in [-0.15, -0.1) is 0 Å². The van der Waals surface area contributed by atoms with Gasteiger partial charge >= 0.3 is 0 Å². The molecule has 0 aliphatic rings. The van der Waals surface area contributed by atoms with E-state index in [0.29, 0.717) is 10.6 Å². The molecule has 0 saturated heterocycles. The summed E-state index contributed by atoms with van der Waals surface area (Å²) in [5, 5.41) is 12.6. The average Bonchev–Trinajstić information content (AvgIpc) is 2.41. The molecule has 2 rings (SSSR count). The van der Waals surface area contributed by atoms with Crippen LogP contribution in [0.2, 0.25) is 5.02 Å². The zero-order valence-electron chi connectivity index (χ0n) is 9.68. The summed E-state index contributed by atoms with van der Waals surface area (Å²) in [6, 6.07) is 13.1. The Kier molecular flexibility index (Phi) is 4.74. The van der Waals surface area contributed by atoms with Gasteiger partial charge in [0.1, 0.15) is 0 Å². The van der Waals surface area contributed by atoms with Crippen molar-refractivity contribution in [2.24, 2.45) is 10.9 Å². The number of benzene rings is 2. The van der Waals surface area contributed by atoms with Gasteiger partial charge in [-0.25, -0.2) is 0 Å². The molecule has 3 N–H and O–H groups in total. The molecule has 0 bridgehead atoms. The molecular weight excluding hydrogens is 348 g/mol. The first-order valence-electron chi connectivity index (χ1n) is 5.32. The smallest absolute Gasteiger partial charge is 0.172 e. The second-order valence-corrected chi connectivity index (χ2v) is 5.98. The van der Waals surface area contributed by atoms with Crippen LogP contribution < -0.4 is 5.73 Å². The maximum absolute atomic E-state index is 8.86. The van der Waals surface area contributed by atoms with E-state index in [9.17, 15) is 0 Å². The minimum Gasteiger partial charge on any atom is -0.409 e. The van der Waals surface area contributed by atoms with Crippen LogP contribution in [0.4, 0.5) is 0 Å². The van der Waals surface area contributed by atoms with Crippen LogP contribution in [0.15, 0.2) is 61.9 Å². The molecule has 19 heavy (non-hydrogen) atoms. The highest BCUT2D eigenvalue weighted by atomic mass is 79.9. The Hall–Kier alpha value is -1.17. The number of nitrogens with zero attached hydrogens (tertiary/aromatic N) is 1. The minimum absolute atomic E-state index is 0.0574. The maximum Gasteiger partial charge on any atom is 0.172 e. The lowest BCUT2D eigenvalue weighted by Crippen LogP contribution is -2.15. The fourth-order valence-electron chi connectivity index (χ4n) is 1.53. The Bertz CT molecular complexity index is 634. The molecule has 0 radical (unpaired) electrons. The van der Waals surface area contributed by atoms with Gasteiger partial charge in [-0.3, -0.25) is 0 Å². The third-order valence-corrected chi connectivity index (χ3v) is 4.63. The van der Waals surface area contributed by atoms with Crippen LogP contribution >= 0.6 is 39.3 Å². The summed E-state index contributed by atoms with van der Waals surface area (Å²) in [6.07, 6.45) is 0. The Morgan fingerprint density at radius 2 is 1.84 bits per heavy atom. The van der Waals surface area contributed by atoms with Crippen molar-refractivity contribution in [2.75, 3.05) is 0 Å². The fourth-order valence-corrected chi connectivity index (χ4v) is 3.50.